The minimum absolute atomic E-state index is 0.0308. The van der Waals surface area contributed by atoms with Gasteiger partial charge in [-0.1, -0.05) is 6.07 Å². The van der Waals surface area contributed by atoms with E-state index in [1.165, 1.54) is 0 Å². The standard InChI is InChI=1S/C18H25N5O2/c1-4-22(5-2)18(25)15-9-12(19)10-23(15)17(24)13-7-6-8-14-16(13)21-11(3)20-14/h6-8,12,15H,4-5,9-10,19H2,1-3H3,(H,20,21)/t12-,15-/m0/s1. The number of hydrogen-bond acceptors (Lipinski definition) is 4. The van der Waals surface area contributed by atoms with Gasteiger partial charge in [0.15, 0.2) is 0 Å². The molecule has 0 saturated carbocycles. The number of fused-ring (bicyclic) bond motifs is 1. The third-order valence-corrected chi connectivity index (χ3v) is 4.82. The second-order valence-electron chi connectivity index (χ2n) is 6.50. The first-order chi connectivity index (χ1) is 12.0. The molecule has 0 unspecified atom stereocenters. The minimum atomic E-state index is -0.502. The van der Waals surface area contributed by atoms with Crippen LogP contribution in [0.2, 0.25) is 0 Å². The van der Waals surface area contributed by atoms with Crippen LogP contribution in [-0.2, 0) is 4.79 Å². The number of nitrogens with zero attached hydrogens (tertiary/aromatic N) is 3. The molecule has 0 bridgehead atoms. The fourth-order valence-corrected chi connectivity index (χ4v) is 3.56. The summed E-state index contributed by atoms with van der Waals surface area (Å²) in [7, 11) is 0. The number of nitrogens with two attached hydrogens (primary N) is 1. The number of rotatable bonds is 4. The molecule has 2 amide bonds. The lowest BCUT2D eigenvalue weighted by atomic mass is 10.1. The number of aromatic amines is 1. The van der Waals surface area contributed by atoms with Crippen LogP contribution in [0.5, 0.6) is 0 Å². The molecule has 2 aromatic rings. The highest BCUT2D eigenvalue weighted by molar-refractivity contribution is 6.06. The van der Waals surface area contributed by atoms with E-state index in [0.29, 0.717) is 37.1 Å². The Bertz CT molecular complexity index is 796. The van der Waals surface area contributed by atoms with Crippen molar-refractivity contribution in [2.75, 3.05) is 19.6 Å². The Labute approximate surface area is 147 Å². The average Bonchev–Trinajstić information content (AvgIpc) is 3.16. The maximum absolute atomic E-state index is 13.2. The zero-order chi connectivity index (χ0) is 18.1. The van der Waals surface area contributed by atoms with Gasteiger partial charge in [-0.2, -0.15) is 0 Å². The SMILES string of the molecule is CCN(CC)C(=O)[C@@H]1C[C@H](N)CN1C(=O)c1cccc2[nH]c(C)nc12. The normalized spacial score (nSPS) is 20.2. The summed E-state index contributed by atoms with van der Waals surface area (Å²) in [6, 6.07) is 4.78. The van der Waals surface area contributed by atoms with Crippen LogP contribution in [0.15, 0.2) is 18.2 Å². The highest BCUT2D eigenvalue weighted by Crippen LogP contribution is 2.24. The molecule has 3 N–H and O–H groups in total. The van der Waals surface area contributed by atoms with Gasteiger partial charge >= 0.3 is 0 Å². The van der Waals surface area contributed by atoms with Gasteiger partial charge < -0.3 is 20.5 Å². The smallest absolute Gasteiger partial charge is 0.256 e. The number of amides is 2. The Morgan fingerprint density at radius 1 is 1.36 bits per heavy atom. The van der Waals surface area contributed by atoms with E-state index in [1.807, 2.05) is 32.9 Å². The lowest BCUT2D eigenvalue weighted by molar-refractivity contribution is -0.134. The number of hydrogen-bond donors (Lipinski definition) is 2. The summed E-state index contributed by atoms with van der Waals surface area (Å²) >= 11 is 0. The first-order valence-electron chi connectivity index (χ1n) is 8.76. The van der Waals surface area contributed by atoms with Crippen LogP contribution in [0.4, 0.5) is 0 Å². The van der Waals surface area contributed by atoms with Crippen molar-refractivity contribution >= 4 is 22.8 Å². The first-order valence-corrected chi connectivity index (χ1v) is 8.76. The predicted octanol–water partition coefficient (Wildman–Crippen LogP) is 1.28. The summed E-state index contributed by atoms with van der Waals surface area (Å²) in [5, 5.41) is 0. The molecule has 0 radical (unpaired) electrons. The molecule has 3 rings (SSSR count). The van der Waals surface area contributed by atoms with Crippen molar-refractivity contribution in [3.63, 3.8) is 0 Å². The number of nitrogens with one attached hydrogen (secondary N) is 1. The quantitative estimate of drug-likeness (QED) is 0.874. The molecule has 2 heterocycles. The molecular weight excluding hydrogens is 318 g/mol. The Balaban J connectivity index is 1.95. The predicted molar refractivity (Wildman–Crippen MR) is 96.2 cm³/mol. The number of imidazole rings is 1. The van der Waals surface area contributed by atoms with Gasteiger partial charge in [-0.25, -0.2) is 4.98 Å². The van der Waals surface area contributed by atoms with Crippen molar-refractivity contribution in [1.82, 2.24) is 19.8 Å². The van der Waals surface area contributed by atoms with E-state index in [-0.39, 0.29) is 17.9 Å². The number of likely N-dealkylation sites (tertiary alicyclic amines) is 1. The second-order valence-corrected chi connectivity index (χ2v) is 6.50. The van der Waals surface area contributed by atoms with Gasteiger partial charge in [0, 0.05) is 25.7 Å². The van der Waals surface area contributed by atoms with E-state index in [0.717, 1.165) is 11.3 Å². The Hall–Kier alpha value is -2.41. The van der Waals surface area contributed by atoms with Crippen LogP contribution in [0.1, 0.15) is 36.5 Å². The van der Waals surface area contributed by atoms with E-state index in [2.05, 4.69) is 9.97 Å². The molecule has 1 aromatic carbocycles. The molecule has 0 aliphatic carbocycles. The van der Waals surface area contributed by atoms with Crippen molar-refractivity contribution in [2.45, 2.75) is 39.3 Å². The first kappa shape index (κ1) is 17.4. The number of aryl methyl sites for hydroxylation is 1. The fraction of sp³-hybridized carbons (Fsp3) is 0.500. The van der Waals surface area contributed by atoms with E-state index in [1.54, 1.807) is 15.9 Å². The minimum Gasteiger partial charge on any atom is -0.342 e. The largest absolute Gasteiger partial charge is 0.342 e. The molecule has 1 aliphatic rings. The average molecular weight is 343 g/mol. The van der Waals surface area contributed by atoms with Gasteiger partial charge in [0.05, 0.1) is 11.1 Å². The highest BCUT2D eigenvalue weighted by Gasteiger charge is 2.40. The van der Waals surface area contributed by atoms with Gasteiger partial charge in [-0.15, -0.1) is 0 Å². The summed E-state index contributed by atoms with van der Waals surface area (Å²) in [6.07, 6.45) is 0.497. The second kappa shape index (κ2) is 6.84. The lowest BCUT2D eigenvalue weighted by Gasteiger charge is -2.29. The van der Waals surface area contributed by atoms with Gasteiger partial charge in [0.2, 0.25) is 5.91 Å². The molecule has 1 saturated heterocycles. The molecule has 0 spiro atoms. The molecule has 25 heavy (non-hydrogen) atoms. The highest BCUT2D eigenvalue weighted by atomic mass is 16.2. The number of likely N-dealkylation sites (N-methyl/N-ethyl adjacent to an activating group) is 1. The molecule has 1 aromatic heterocycles. The van der Waals surface area contributed by atoms with Crippen molar-refractivity contribution in [2.24, 2.45) is 5.73 Å². The van der Waals surface area contributed by atoms with Crippen LogP contribution in [0, 0.1) is 6.92 Å². The van der Waals surface area contributed by atoms with Crippen molar-refractivity contribution in [3.05, 3.63) is 29.6 Å². The summed E-state index contributed by atoms with van der Waals surface area (Å²) in [6.45, 7) is 7.36. The summed E-state index contributed by atoms with van der Waals surface area (Å²) in [5.74, 6) is 0.538. The summed E-state index contributed by atoms with van der Waals surface area (Å²) < 4.78 is 0. The Morgan fingerprint density at radius 2 is 2.08 bits per heavy atom. The number of aromatic nitrogens is 2. The zero-order valence-electron chi connectivity index (χ0n) is 15.0. The van der Waals surface area contributed by atoms with Crippen LogP contribution in [0.3, 0.4) is 0 Å². The van der Waals surface area contributed by atoms with Gasteiger partial charge in [-0.3, -0.25) is 9.59 Å². The van der Waals surface area contributed by atoms with Crippen LogP contribution < -0.4 is 5.73 Å². The van der Waals surface area contributed by atoms with Crippen molar-refractivity contribution in [1.29, 1.82) is 0 Å². The maximum Gasteiger partial charge on any atom is 0.256 e. The van der Waals surface area contributed by atoms with E-state index >= 15 is 0 Å². The number of H-pyrrole nitrogens is 1. The maximum atomic E-state index is 13.2. The zero-order valence-corrected chi connectivity index (χ0v) is 15.0. The Kier molecular flexibility index (Phi) is 4.76. The van der Waals surface area contributed by atoms with Crippen LogP contribution in [0.25, 0.3) is 11.0 Å². The lowest BCUT2D eigenvalue weighted by Crippen LogP contribution is -2.47. The molecule has 7 heteroatoms. The molecule has 1 fully saturated rings. The van der Waals surface area contributed by atoms with Gasteiger partial charge in [0.25, 0.3) is 5.91 Å². The van der Waals surface area contributed by atoms with Crippen molar-refractivity contribution < 1.29 is 9.59 Å². The Morgan fingerprint density at radius 3 is 2.76 bits per heavy atom. The van der Waals surface area contributed by atoms with Gasteiger partial charge in [0.1, 0.15) is 17.4 Å². The molecule has 7 nitrogen and oxygen atoms in total. The molecular formula is C18H25N5O2. The monoisotopic (exact) mass is 343 g/mol. The van der Waals surface area contributed by atoms with E-state index in [4.69, 9.17) is 5.73 Å². The topological polar surface area (TPSA) is 95.3 Å². The van der Waals surface area contributed by atoms with Crippen LogP contribution >= 0.6 is 0 Å². The van der Waals surface area contributed by atoms with Crippen molar-refractivity contribution in [3.8, 4) is 0 Å². The third-order valence-electron chi connectivity index (χ3n) is 4.82. The molecule has 1 aliphatic heterocycles. The number of carbonyl (C=O) groups excluding carboxylic acids is 2. The number of para-hydroxylation sites is 1. The fourth-order valence-electron chi connectivity index (χ4n) is 3.56. The third kappa shape index (κ3) is 3.11. The molecule has 2 atom stereocenters. The number of carbonyl (C=O) groups is 2. The van der Waals surface area contributed by atoms with Gasteiger partial charge in [-0.05, 0) is 39.3 Å². The molecule has 134 valence electrons. The van der Waals surface area contributed by atoms with E-state index in [9.17, 15) is 9.59 Å². The number of benzene rings is 1. The summed E-state index contributed by atoms with van der Waals surface area (Å²) in [5.41, 5.74) is 8.05. The van der Waals surface area contributed by atoms with E-state index < -0.39 is 6.04 Å². The van der Waals surface area contributed by atoms with Crippen LogP contribution in [-0.4, -0.2) is 63.3 Å². The summed E-state index contributed by atoms with van der Waals surface area (Å²) in [4.78, 5) is 36.9.